The topological polar surface area (TPSA) is 52.7 Å². The lowest BCUT2D eigenvalue weighted by molar-refractivity contribution is -0.119. The first-order valence-electron chi connectivity index (χ1n) is 10.4. The number of urea groups is 1. The molecule has 1 N–H and O–H groups in total. The van der Waals surface area contributed by atoms with E-state index >= 15 is 0 Å². The van der Waals surface area contributed by atoms with E-state index in [-0.39, 0.29) is 24.4 Å². The molecular formula is C23H25F2N3O2. The van der Waals surface area contributed by atoms with Crippen molar-refractivity contribution in [1.82, 2.24) is 4.90 Å². The zero-order valence-corrected chi connectivity index (χ0v) is 16.7. The molecule has 0 aromatic heterocycles. The van der Waals surface area contributed by atoms with E-state index in [0.29, 0.717) is 30.0 Å². The van der Waals surface area contributed by atoms with Crippen LogP contribution in [0.2, 0.25) is 0 Å². The van der Waals surface area contributed by atoms with Crippen LogP contribution in [0.1, 0.15) is 37.7 Å². The molecular weight excluding hydrogens is 388 g/mol. The summed E-state index contributed by atoms with van der Waals surface area (Å²) < 4.78 is 27.0. The molecule has 2 aliphatic rings. The highest BCUT2D eigenvalue weighted by atomic mass is 19.1. The van der Waals surface area contributed by atoms with Gasteiger partial charge in [0.2, 0.25) is 5.91 Å². The van der Waals surface area contributed by atoms with Crippen LogP contribution in [0, 0.1) is 17.6 Å². The van der Waals surface area contributed by atoms with Crippen molar-refractivity contribution in [1.29, 1.82) is 0 Å². The van der Waals surface area contributed by atoms with Gasteiger partial charge in [-0.2, -0.15) is 0 Å². The molecule has 0 atom stereocenters. The van der Waals surface area contributed by atoms with Crippen molar-refractivity contribution >= 4 is 23.3 Å². The summed E-state index contributed by atoms with van der Waals surface area (Å²) >= 11 is 0. The van der Waals surface area contributed by atoms with Gasteiger partial charge >= 0.3 is 6.03 Å². The molecule has 1 heterocycles. The van der Waals surface area contributed by atoms with Crippen molar-refractivity contribution in [3.8, 4) is 0 Å². The van der Waals surface area contributed by atoms with E-state index in [9.17, 15) is 18.4 Å². The third-order valence-electron chi connectivity index (χ3n) is 5.76. The van der Waals surface area contributed by atoms with Gasteiger partial charge in [-0.25, -0.2) is 13.6 Å². The maximum atomic E-state index is 13.5. The Morgan fingerprint density at radius 1 is 1.00 bits per heavy atom. The Morgan fingerprint density at radius 3 is 2.47 bits per heavy atom. The molecule has 5 nitrogen and oxygen atoms in total. The minimum atomic E-state index is -0.656. The summed E-state index contributed by atoms with van der Waals surface area (Å²) in [7, 11) is 0. The number of carbonyl (C=O) groups excluding carboxylic acids is 2. The Kier molecular flexibility index (Phi) is 5.97. The highest BCUT2D eigenvalue weighted by Gasteiger charge is 2.28. The second-order valence-electron chi connectivity index (χ2n) is 8.01. The molecule has 7 heteroatoms. The van der Waals surface area contributed by atoms with Gasteiger partial charge in [0.05, 0.1) is 0 Å². The highest BCUT2D eigenvalue weighted by molar-refractivity contribution is 5.96. The Bertz CT molecular complexity index is 924. The third-order valence-corrected chi connectivity index (χ3v) is 5.76. The predicted octanol–water partition coefficient (Wildman–Crippen LogP) is 4.93. The zero-order chi connectivity index (χ0) is 21.1. The Morgan fingerprint density at radius 2 is 1.73 bits per heavy atom. The lowest BCUT2D eigenvalue weighted by Crippen LogP contribution is -2.49. The molecule has 2 aromatic carbocycles. The normalized spacial score (nSPS) is 17.5. The molecule has 3 amide bonds. The van der Waals surface area contributed by atoms with E-state index in [4.69, 9.17) is 0 Å². The fourth-order valence-electron chi connectivity index (χ4n) is 4.27. The van der Waals surface area contributed by atoms with Crippen LogP contribution in [-0.2, 0) is 11.3 Å². The molecule has 0 bridgehead atoms. The summed E-state index contributed by atoms with van der Waals surface area (Å²) in [6.45, 7) is 1.21. The summed E-state index contributed by atoms with van der Waals surface area (Å²) in [5.74, 6) is -1.22. The summed E-state index contributed by atoms with van der Waals surface area (Å²) in [4.78, 5) is 28.7. The molecule has 1 saturated carbocycles. The maximum Gasteiger partial charge on any atom is 0.324 e. The largest absolute Gasteiger partial charge is 0.326 e. The van der Waals surface area contributed by atoms with Gasteiger partial charge in [0.1, 0.15) is 11.6 Å². The molecule has 30 heavy (non-hydrogen) atoms. The number of hydrogen-bond donors (Lipinski definition) is 1. The Labute approximate surface area is 174 Å². The smallest absolute Gasteiger partial charge is 0.324 e. The zero-order valence-electron chi connectivity index (χ0n) is 16.7. The quantitative estimate of drug-likeness (QED) is 0.756. The lowest BCUT2D eigenvalue weighted by Gasteiger charge is -2.36. The standard InChI is InChI=1S/C23H25F2N3O2/c24-18-11-16(12-19(25)13-18)15-27-9-4-10-28(23(27)30)21-8-3-7-20(14-21)26-22(29)17-5-1-2-6-17/h3,7-8,11-14,17H,1-2,4-6,9-10,15H2,(H,26,29). The van der Waals surface area contributed by atoms with Crippen LogP contribution < -0.4 is 10.2 Å². The number of benzene rings is 2. The van der Waals surface area contributed by atoms with Crippen LogP contribution in [0.3, 0.4) is 0 Å². The van der Waals surface area contributed by atoms with Gasteiger partial charge in [0.25, 0.3) is 0 Å². The van der Waals surface area contributed by atoms with Crippen molar-refractivity contribution in [2.24, 2.45) is 5.92 Å². The van der Waals surface area contributed by atoms with Gasteiger partial charge in [0.15, 0.2) is 0 Å². The highest BCUT2D eigenvalue weighted by Crippen LogP contribution is 2.28. The van der Waals surface area contributed by atoms with E-state index < -0.39 is 11.6 Å². The summed E-state index contributed by atoms with van der Waals surface area (Å²) in [6.07, 6.45) is 4.76. The molecule has 1 aliphatic carbocycles. The van der Waals surface area contributed by atoms with Crippen molar-refractivity contribution in [3.63, 3.8) is 0 Å². The van der Waals surface area contributed by atoms with E-state index in [1.54, 1.807) is 15.9 Å². The van der Waals surface area contributed by atoms with Crippen molar-refractivity contribution in [2.75, 3.05) is 23.3 Å². The number of halogens is 2. The Hall–Kier alpha value is -2.96. The minimum absolute atomic E-state index is 0.0318. The molecule has 0 radical (unpaired) electrons. The van der Waals surface area contributed by atoms with E-state index in [1.165, 1.54) is 12.1 Å². The van der Waals surface area contributed by atoms with E-state index in [0.717, 1.165) is 38.2 Å². The number of nitrogens with zero attached hydrogens (tertiary/aromatic N) is 2. The van der Waals surface area contributed by atoms with Crippen LogP contribution in [-0.4, -0.2) is 29.9 Å². The average Bonchev–Trinajstić information content (AvgIpc) is 3.24. The number of hydrogen-bond acceptors (Lipinski definition) is 2. The number of anilines is 2. The van der Waals surface area contributed by atoms with Gasteiger partial charge in [0, 0.05) is 43.0 Å². The summed E-state index contributed by atoms with van der Waals surface area (Å²) in [5, 5.41) is 2.97. The van der Waals surface area contributed by atoms with Gasteiger partial charge < -0.3 is 10.2 Å². The first kappa shape index (κ1) is 20.3. The van der Waals surface area contributed by atoms with Gasteiger partial charge in [-0.15, -0.1) is 0 Å². The molecule has 0 spiro atoms. The number of nitrogens with one attached hydrogen (secondary N) is 1. The number of amides is 3. The van der Waals surface area contributed by atoms with Crippen molar-refractivity contribution in [3.05, 3.63) is 59.7 Å². The van der Waals surface area contributed by atoms with Crippen LogP contribution in [0.15, 0.2) is 42.5 Å². The fourth-order valence-corrected chi connectivity index (χ4v) is 4.27. The molecule has 2 aromatic rings. The van der Waals surface area contributed by atoms with Crippen LogP contribution >= 0.6 is 0 Å². The first-order valence-corrected chi connectivity index (χ1v) is 10.4. The SMILES string of the molecule is O=C(Nc1cccc(N2CCCN(Cc3cc(F)cc(F)c3)C2=O)c1)C1CCCC1. The Balaban J connectivity index is 1.46. The van der Waals surface area contributed by atoms with E-state index in [2.05, 4.69) is 5.32 Å². The van der Waals surface area contributed by atoms with Crippen LogP contribution in [0.4, 0.5) is 25.0 Å². The van der Waals surface area contributed by atoms with Crippen LogP contribution in [0.25, 0.3) is 0 Å². The third kappa shape index (κ3) is 4.61. The number of carbonyl (C=O) groups is 2. The van der Waals surface area contributed by atoms with Crippen molar-refractivity contribution in [2.45, 2.75) is 38.6 Å². The predicted molar refractivity (Wildman–Crippen MR) is 111 cm³/mol. The molecule has 4 rings (SSSR count). The molecule has 158 valence electrons. The van der Waals surface area contributed by atoms with Gasteiger partial charge in [-0.1, -0.05) is 18.9 Å². The molecule has 1 aliphatic heterocycles. The summed E-state index contributed by atoms with van der Waals surface area (Å²) in [6, 6.07) is 10.4. The maximum absolute atomic E-state index is 13.5. The second kappa shape index (κ2) is 8.81. The average molecular weight is 413 g/mol. The van der Waals surface area contributed by atoms with Crippen molar-refractivity contribution < 1.29 is 18.4 Å². The molecule has 0 unspecified atom stereocenters. The number of rotatable bonds is 5. The minimum Gasteiger partial charge on any atom is -0.326 e. The summed E-state index contributed by atoms with van der Waals surface area (Å²) in [5.41, 5.74) is 1.78. The molecule has 2 fully saturated rings. The second-order valence-corrected chi connectivity index (χ2v) is 8.01. The fraction of sp³-hybridized carbons (Fsp3) is 0.391. The van der Waals surface area contributed by atoms with Crippen LogP contribution in [0.5, 0.6) is 0 Å². The monoisotopic (exact) mass is 413 g/mol. The lowest BCUT2D eigenvalue weighted by atomic mass is 10.1. The van der Waals surface area contributed by atoms with Gasteiger partial charge in [-0.3, -0.25) is 9.69 Å². The molecule has 1 saturated heterocycles. The van der Waals surface area contributed by atoms with E-state index in [1.807, 2.05) is 18.2 Å². The van der Waals surface area contributed by atoms with Gasteiger partial charge in [-0.05, 0) is 55.2 Å². The first-order chi connectivity index (χ1) is 14.5.